The van der Waals surface area contributed by atoms with Crippen molar-refractivity contribution < 1.29 is 5.11 Å². The highest BCUT2D eigenvalue weighted by Gasteiger charge is 1.95. The first-order valence-electron chi connectivity index (χ1n) is 4.80. The van der Waals surface area contributed by atoms with Crippen molar-refractivity contribution in [3.05, 3.63) is 47.2 Å². The molecule has 1 aromatic heterocycles. The second kappa shape index (κ2) is 5.27. The molecule has 0 saturated heterocycles. The van der Waals surface area contributed by atoms with Crippen LogP contribution in [-0.2, 0) is 0 Å². The second-order valence-corrected chi connectivity index (χ2v) is 3.59. The first-order valence-corrected chi connectivity index (χ1v) is 5.18. The summed E-state index contributed by atoms with van der Waals surface area (Å²) in [6, 6.07) is 6.87. The fourth-order valence-corrected chi connectivity index (χ4v) is 1.22. The van der Waals surface area contributed by atoms with E-state index in [1.165, 1.54) is 18.6 Å². The summed E-state index contributed by atoms with van der Waals surface area (Å²) in [6.45, 7) is 0. The van der Waals surface area contributed by atoms with Crippen LogP contribution in [0.25, 0.3) is 0 Å². The molecule has 6 heteroatoms. The van der Waals surface area contributed by atoms with E-state index >= 15 is 0 Å². The molecule has 0 radical (unpaired) electrons. The van der Waals surface area contributed by atoms with E-state index in [0.717, 1.165) is 0 Å². The van der Waals surface area contributed by atoms with Crippen LogP contribution in [0.3, 0.4) is 0 Å². The van der Waals surface area contributed by atoms with Crippen LogP contribution < -0.4 is 5.43 Å². The van der Waals surface area contributed by atoms with Gasteiger partial charge >= 0.3 is 0 Å². The fourth-order valence-electron chi connectivity index (χ4n) is 1.13. The number of phenols is 1. The molecule has 0 aliphatic heterocycles. The first-order chi connectivity index (χ1) is 8.25. The van der Waals surface area contributed by atoms with Gasteiger partial charge in [0.2, 0.25) is 5.95 Å². The van der Waals surface area contributed by atoms with E-state index in [1.807, 2.05) is 0 Å². The molecular formula is C11H9ClN4O. The molecule has 0 saturated carbocycles. The van der Waals surface area contributed by atoms with Gasteiger partial charge in [0.1, 0.15) is 5.75 Å². The maximum Gasteiger partial charge on any atom is 0.243 e. The van der Waals surface area contributed by atoms with E-state index < -0.39 is 0 Å². The number of hydrogen-bond acceptors (Lipinski definition) is 5. The number of halogens is 1. The van der Waals surface area contributed by atoms with Gasteiger partial charge in [-0.3, -0.25) is 0 Å². The number of aromatic nitrogens is 2. The van der Waals surface area contributed by atoms with Gasteiger partial charge < -0.3 is 5.11 Å². The van der Waals surface area contributed by atoms with Gasteiger partial charge in [0.15, 0.2) is 0 Å². The molecule has 1 heterocycles. The highest BCUT2D eigenvalue weighted by Crippen LogP contribution is 2.12. The molecule has 0 unspecified atom stereocenters. The Bertz CT molecular complexity index is 527. The Hall–Kier alpha value is -2.14. The molecular weight excluding hydrogens is 240 g/mol. The van der Waals surface area contributed by atoms with Gasteiger partial charge in [-0.15, -0.1) is 0 Å². The van der Waals surface area contributed by atoms with Crippen molar-refractivity contribution in [2.45, 2.75) is 0 Å². The van der Waals surface area contributed by atoms with Crippen molar-refractivity contribution in [2.75, 3.05) is 5.43 Å². The maximum atomic E-state index is 9.48. The number of nitrogens with one attached hydrogen (secondary N) is 1. The maximum absolute atomic E-state index is 9.48. The lowest BCUT2D eigenvalue weighted by Gasteiger charge is -1.98. The van der Waals surface area contributed by atoms with Crippen LogP contribution in [0.5, 0.6) is 5.75 Å². The minimum atomic E-state index is 0.162. The van der Waals surface area contributed by atoms with E-state index in [0.29, 0.717) is 16.5 Å². The Morgan fingerprint density at radius 2 is 1.94 bits per heavy atom. The minimum absolute atomic E-state index is 0.162. The molecule has 86 valence electrons. The quantitative estimate of drug-likeness (QED) is 0.646. The zero-order chi connectivity index (χ0) is 12.1. The molecule has 2 N–H and O–H groups in total. The van der Waals surface area contributed by atoms with E-state index in [2.05, 4.69) is 20.5 Å². The zero-order valence-electron chi connectivity index (χ0n) is 8.71. The summed E-state index contributed by atoms with van der Waals surface area (Å²) in [5.41, 5.74) is 3.23. The summed E-state index contributed by atoms with van der Waals surface area (Å²) in [6.07, 6.45) is 4.41. The normalized spacial score (nSPS) is 10.6. The number of rotatable bonds is 3. The second-order valence-electron chi connectivity index (χ2n) is 3.15. The molecule has 1 aromatic carbocycles. The van der Waals surface area contributed by atoms with Crippen molar-refractivity contribution in [1.82, 2.24) is 9.97 Å². The van der Waals surface area contributed by atoms with Gasteiger partial charge in [0.05, 0.1) is 23.6 Å². The SMILES string of the molecule is Oc1ccccc1/C=N/Nc1ncc(Cl)cn1. The van der Waals surface area contributed by atoms with Crippen molar-refractivity contribution >= 4 is 23.8 Å². The summed E-state index contributed by atoms with van der Waals surface area (Å²) in [4.78, 5) is 7.80. The molecule has 0 aliphatic rings. The molecule has 0 atom stereocenters. The van der Waals surface area contributed by atoms with Crippen molar-refractivity contribution in [1.29, 1.82) is 0 Å². The number of para-hydroxylation sites is 1. The Morgan fingerprint density at radius 1 is 1.24 bits per heavy atom. The van der Waals surface area contributed by atoms with Crippen molar-refractivity contribution in [2.24, 2.45) is 5.10 Å². The van der Waals surface area contributed by atoms with Crippen LogP contribution in [0.1, 0.15) is 5.56 Å². The molecule has 5 nitrogen and oxygen atoms in total. The highest BCUT2D eigenvalue weighted by molar-refractivity contribution is 6.30. The smallest absolute Gasteiger partial charge is 0.243 e. The largest absolute Gasteiger partial charge is 0.507 e. The molecule has 2 aromatic rings. The van der Waals surface area contributed by atoms with Gasteiger partial charge in [-0.25, -0.2) is 15.4 Å². The van der Waals surface area contributed by atoms with E-state index in [9.17, 15) is 5.11 Å². The third kappa shape index (κ3) is 3.15. The molecule has 0 bridgehead atoms. The van der Waals surface area contributed by atoms with Gasteiger partial charge in [0, 0.05) is 5.56 Å². The third-order valence-electron chi connectivity index (χ3n) is 1.93. The monoisotopic (exact) mass is 248 g/mol. The van der Waals surface area contributed by atoms with Gasteiger partial charge in [-0.1, -0.05) is 23.7 Å². The van der Waals surface area contributed by atoms with Crippen molar-refractivity contribution in [3.63, 3.8) is 0 Å². The van der Waals surface area contributed by atoms with Crippen LogP contribution >= 0.6 is 11.6 Å². The lowest BCUT2D eigenvalue weighted by Crippen LogP contribution is -1.95. The van der Waals surface area contributed by atoms with Gasteiger partial charge in [-0.05, 0) is 12.1 Å². The minimum Gasteiger partial charge on any atom is -0.507 e. The van der Waals surface area contributed by atoms with E-state index in [-0.39, 0.29) is 5.75 Å². The topological polar surface area (TPSA) is 70.4 Å². The molecule has 17 heavy (non-hydrogen) atoms. The van der Waals surface area contributed by atoms with Crippen LogP contribution in [0.4, 0.5) is 5.95 Å². The summed E-state index contributed by atoms with van der Waals surface area (Å²) in [7, 11) is 0. The molecule has 0 aliphatic carbocycles. The Morgan fingerprint density at radius 3 is 2.65 bits per heavy atom. The van der Waals surface area contributed by atoms with Crippen LogP contribution in [-0.4, -0.2) is 21.3 Å². The van der Waals surface area contributed by atoms with Gasteiger partial charge in [0.25, 0.3) is 0 Å². The summed E-state index contributed by atoms with van der Waals surface area (Å²) >= 11 is 5.64. The molecule has 0 spiro atoms. The number of nitrogens with zero attached hydrogens (tertiary/aromatic N) is 3. The van der Waals surface area contributed by atoms with Crippen LogP contribution in [0, 0.1) is 0 Å². The average Bonchev–Trinajstić information content (AvgIpc) is 2.34. The standard InChI is InChI=1S/C11H9ClN4O/c12-9-6-13-11(14-7-9)16-15-5-8-3-1-2-4-10(8)17/h1-7,17H,(H,13,14,16)/b15-5+. The van der Waals surface area contributed by atoms with E-state index in [1.54, 1.807) is 24.3 Å². The van der Waals surface area contributed by atoms with E-state index in [4.69, 9.17) is 11.6 Å². The number of hydrogen-bond donors (Lipinski definition) is 2. The van der Waals surface area contributed by atoms with Crippen LogP contribution in [0.15, 0.2) is 41.8 Å². The van der Waals surface area contributed by atoms with Crippen molar-refractivity contribution in [3.8, 4) is 5.75 Å². The predicted octanol–water partition coefficient (Wildman–Crippen LogP) is 2.28. The fraction of sp³-hybridized carbons (Fsp3) is 0. The Balaban J connectivity index is 2.03. The highest BCUT2D eigenvalue weighted by atomic mass is 35.5. The number of hydrazone groups is 1. The molecule has 0 fully saturated rings. The third-order valence-corrected chi connectivity index (χ3v) is 2.12. The van der Waals surface area contributed by atoms with Crippen LogP contribution in [0.2, 0.25) is 5.02 Å². The number of phenolic OH excluding ortho intramolecular Hbond substituents is 1. The predicted molar refractivity (Wildman–Crippen MR) is 66.4 cm³/mol. The first kappa shape index (κ1) is 11.3. The van der Waals surface area contributed by atoms with Gasteiger partial charge in [-0.2, -0.15) is 5.10 Å². The lowest BCUT2D eigenvalue weighted by molar-refractivity contribution is 0.474. The molecule has 0 amide bonds. The zero-order valence-corrected chi connectivity index (χ0v) is 9.46. The summed E-state index contributed by atoms with van der Waals surface area (Å²) in [5.74, 6) is 0.496. The summed E-state index contributed by atoms with van der Waals surface area (Å²) < 4.78 is 0. The Kier molecular flexibility index (Phi) is 3.52. The molecule has 2 rings (SSSR count). The average molecular weight is 249 g/mol. The number of anilines is 1. The number of benzene rings is 1. The Labute approximate surface area is 103 Å². The number of aromatic hydroxyl groups is 1. The summed E-state index contributed by atoms with van der Waals surface area (Å²) in [5, 5.41) is 13.8. The lowest BCUT2D eigenvalue weighted by atomic mass is 10.2.